The SMILES string of the molecule is CC(C)(N)C(=O)NC(COCc1ccccc1)c1nnn(CCc2cn(S(=O)[O-])c3ccccc23)n1. The number of aromatic nitrogens is 5. The fraction of sp³-hybridized carbons (Fsp3) is 0.333. The average Bonchev–Trinajstić information content (AvgIpc) is 3.47. The summed E-state index contributed by atoms with van der Waals surface area (Å²) >= 11 is -2.41. The van der Waals surface area contributed by atoms with Crippen LogP contribution in [0.25, 0.3) is 10.9 Å². The Morgan fingerprint density at radius 2 is 1.92 bits per heavy atom. The first-order chi connectivity index (χ1) is 17.2. The second-order valence-electron chi connectivity index (χ2n) is 8.96. The van der Waals surface area contributed by atoms with Crippen LogP contribution >= 0.6 is 0 Å². The van der Waals surface area contributed by atoms with Gasteiger partial charge in [-0.25, -0.2) is 0 Å². The predicted molar refractivity (Wildman–Crippen MR) is 133 cm³/mol. The minimum atomic E-state index is -2.41. The zero-order valence-electron chi connectivity index (χ0n) is 20.0. The lowest BCUT2D eigenvalue weighted by atomic mass is 10.1. The van der Waals surface area contributed by atoms with Gasteiger partial charge in [-0.3, -0.25) is 13.0 Å². The third-order valence-electron chi connectivity index (χ3n) is 5.57. The van der Waals surface area contributed by atoms with Crippen LogP contribution < -0.4 is 11.1 Å². The highest BCUT2D eigenvalue weighted by Gasteiger charge is 2.27. The molecule has 2 atom stereocenters. The van der Waals surface area contributed by atoms with Gasteiger partial charge in [0, 0.05) is 11.6 Å². The summed E-state index contributed by atoms with van der Waals surface area (Å²) in [6.45, 7) is 4.07. The number of hydrogen-bond acceptors (Lipinski definition) is 8. The molecule has 2 heterocycles. The number of fused-ring (bicyclic) bond motifs is 1. The molecule has 12 heteroatoms. The van der Waals surface area contributed by atoms with Crippen LogP contribution in [0.4, 0.5) is 0 Å². The van der Waals surface area contributed by atoms with Gasteiger partial charge in [0.2, 0.25) is 5.91 Å². The minimum absolute atomic E-state index is 0.130. The number of carbonyl (C=O) groups excluding carboxylic acids is 1. The van der Waals surface area contributed by atoms with E-state index in [-0.39, 0.29) is 12.5 Å². The summed E-state index contributed by atoms with van der Waals surface area (Å²) in [5.41, 5.74) is 7.30. The van der Waals surface area contributed by atoms with Crippen LogP contribution in [-0.4, -0.2) is 51.0 Å². The second-order valence-corrected chi connectivity index (χ2v) is 9.78. The lowest BCUT2D eigenvalue weighted by Gasteiger charge is -2.22. The molecule has 0 radical (unpaired) electrons. The molecule has 0 spiro atoms. The first-order valence-corrected chi connectivity index (χ1v) is 12.4. The van der Waals surface area contributed by atoms with Gasteiger partial charge < -0.3 is 20.3 Å². The lowest BCUT2D eigenvalue weighted by Crippen LogP contribution is -2.50. The van der Waals surface area contributed by atoms with Gasteiger partial charge in [0.1, 0.15) is 6.04 Å². The molecule has 11 nitrogen and oxygen atoms in total. The van der Waals surface area contributed by atoms with Crippen molar-refractivity contribution in [3.63, 3.8) is 0 Å². The Bertz CT molecular complexity index is 1350. The molecule has 2 unspecified atom stereocenters. The number of amides is 1. The number of nitrogens with two attached hydrogens (primary N) is 1. The summed E-state index contributed by atoms with van der Waals surface area (Å²) in [4.78, 5) is 14.0. The first kappa shape index (κ1) is 25.6. The van der Waals surface area contributed by atoms with Crippen molar-refractivity contribution in [3.8, 4) is 0 Å². The van der Waals surface area contributed by atoms with Crippen molar-refractivity contribution in [1.29, 1.82) is 0 Å². The van der Waals surface area contributed by atoms with Crippen LogP contribution in [0, 0.1) is 0 Å². The fourth-order valence-electron chi connectivity index (χ4n) is 3.64. The van der Waals surface area contributed by atoms with Gasteiger partial charge in [-0.15, -0.1) is 10.2 Å². The molecule has 0 bridgehead atoms. The molecule has 190 valence electrons. The van der Waals surface area contributed by atoms with E-state index < -0.39 is 22.8 Å². The maximum absolute atomic E-state index is 12.6. The van der Waals surface area contributed by atoms with Crippen LogP contribution in [-0.2, 0) is 40.4 Å². The number of carbonyl (C=O) groups is 1. The Morgan fingerprint density at radius 3 is 2.64 bits per heavy atom. The average molecular weight is 511 g/mol. The fourth-order valence-corrected chi connectivity index (χ4v) is 4.18. The van der Waals surface area contributed by atoms with Crippen LogP contribution in [0.5, 0.6) is 0 Å². The van der Waals surface area contributed by atoms with Crippen LogP contribution in [0.1, 0.15) is 36.8 Å². The van der Waals surface area contributed by atoms with Crippen molar-refractivity contribution in [2.75, 3.05) is 6.61 Å². The number of para-hydroxylation sites is 1. The molecule has 3 N–H and O–H groups in total. The number of rotatable bonds is 11. The van der Waals surface area contributed by atoms with Gasteiger partial charge in [0.15, 0.2) is 5.82 Å². The summed E-state index contributed by atoms with van der Waals surface area (Å²) in [7, 11) is 0. The molecule has 0 saturated carbocycles. The highest BCUT2D eigenvalue weighted by Crippen LogP contribution is 2.22. The van der Waals surface area contributed by atoms with Crippen LogP contribution in [0.15, 0.2) is 60.8 Å². The normalized spacial score (nSPS) is 13.6. The summed E-state index contributed by atoms with van der Waals surface area (Å²) in [5, 5.41) is 16.4. The Morgan fingerprint density at radius 1 is 1.19 bits per heavy atom. The number of benzene rings is 2. The number of ether oxygens (including phenoxy) is 1. The van der Waals surface area contributed by atoms with E-state index in [0.717, 1.165) is 16.5 Å². The summed E-state index contributed by atoms with van der Waals surface area (Å²) in [5.74, 6) is -0.0747. The predicted octanol–water partition coefficient (Wildman–Crippen LogP) is 1.62. The smallest absolute Gasteiger partial charge is 0.240 e. The molecule has 1 amide bonds. The minimum Gasteiger partial charge on any atom is -0.755 e. The molecule has 0 aliphatic rings. The topological polar surface area (TPSA) is 153 Å². The van der Waals surface area contributed by atoms with E-state index in [0.29, 0.717) is 30.9 Å². The third-order valence-corrected chi connectivity index (χ3v) is 6.19. The summed E-state index contributed by atoms with van der Waals surface area (Å²) < 4.78 is 30.2. The number of tetrazole rings is 1. The Hall–Kier alpha value is -3.45. The Balaban J connectivity index is 1.46. The highest BCUT2D eigenvalue weighted by atomic mass is 32.2. The third kappa shape index (κ3) is 6.21. The highest BCUT2D eigenvalue weighted by molar-refractivity contribution is 7.77. The van der Waals surface area contributed by atoms with Gasteiger partial charge in [-0.05, 0) is 42.7 Å². The molecule has 0 aliphatic heterocycles. The molecule has 4 aromatic rings. The van der Waals surface area contributed by atoms with E-state index in [1.165, 1.54) is 8.77 Å². The van der Waals surface area contributed by atoms with Crippen molar-refractivity contribution in [3.05, 3.63) is 77.7 Å². The largest absolute Gasteiger partial charge is 0.755 e. The lowest BCUT2D eigenvalue weighted by molar-refractivity contribution is -0.126. The molecule has 0 fully saturated rings. The van der Waals surface area contributed by atoms with E-state index in [4.69, 9.17) is 10.5 Å². The molecular formula is C24H28N7O4S-. The van der Waals surface area contributed by atoms with E-state index >= 15 is 0 Å². The van der Waals surface area contributed by atoms with E-state index in [1.807, 2.05) is 42.5 Å². The molecule has 2 aromatic heterocycles. The number of hydrogen-bond donors (Lipinski definition) is 2. The molecule has 0 aliphatic carbocycles. The molecule has 36 heavy (non-hydrogen) atoms. The van der Waals surface area contributed by atoms with Crippen molar-refractivity contribution < 1.29 is 18.3 Å². The zero-order chi connectivity index (χ0) is 25.7. The first-order valence-electron chi connectivity index (χ1n) is 11.4. The van der Waals surface area contributed by atoms with Gasteiger partial charge in [-0.1, -0.05) is 48.5 Å². The number of aryl methyl sites for hydroxylation is 2. The quantitative estimate of drug-likeness (QED) is 0.289. The van der Waals surface area contributed by atoms with Crippen molar-refractivity contribution >= 4 is 28.1 Å². The standard InChI is InChI=1S/C24H29N7O4S/c1-24(2,25)23(32)26-20(16-35-15-17-8-4-3-5-9-17)22-27-29-31(28-22)13-12-18-14-30(36(33)34)21-11-7-6-10-19(18)21/h3-11,14,20H,12-13,15-16,25H2,1-2H3,(H,26,32)(H,33,34)/p-1. The van der Waals surface area contributed by atoms with Crippen molar-refractivity contribution in [2.45, 2.75) is 45.0 Å². The molecule has 4 rings (SSSR count). The van der Waals surface area contributed by atoms with E-state index in [1.54, 1.807) is 32.2 Å². The van der Waals surface area contributed by atoms with Gasteiger partial charge in [-0.2, -0.15) is 4.80 Å². The summed E-state index contributed by atoms with van der Waals surface area (Å²) in [6.07, 6.45) is 2.08. The van der Waals surface area contributed by atoms with Gasteiger partial charge >= 0.3 is 0 Å². The van der Waals surface area contributed by atoms with Crippen molar-refractivity contribution in [1.82, 2.24) is 29.5 Å². The summed E-state index contributed by atoms with van der Waals surface area (Å²) in [6, 6.07) is 16.3. The van der Waals surface area contributed by atoms with Gasteiger partial charge in [0.05, 0.1) is 42.1 Å². The molecular weight excluding hydrogens is 482 g/mol. The Kier molecular flexibility index (Phi) is 7.89. The number of nitrogens with one attached hydrogen (secondary N) is 1. The van der Waals surface area contributed by atoms with E-state index in [2.05, 4.69) is 20.7 Å². The molecule has 0 saturated heterocycles. The van der Waals surface area contributed by atoms with Crippen molar-refractivity contribution in [2.24, 2.45) is 5.73 Å². The number of nitrogens with zero attached hydrogens (tertiary/aromatic N) is 5. The zero-order valence-corrected chi connectivity index (χ0v) is 20.9. The van der Waals surface area contributed by atoms with E-state index in [9.17, 15) is 13.6 Å². The molecule has 2 aromatic carbocycles. The maximum atomic E-state index is 12.6. The maximum Gasteiger partial charge on any atom is 0.240 e. The Labute approximate surface area is 211 Å². The second kappa shape index (κ2) is 11.1. The van der Waals surface area contributed by atoms with Crippen LogP contribution in [0.2, 0.25) is 0 Å². The van der Waals surface area contributed by atoms with Gasteiger partial charge in [0.25, 0.3) is 0 Å². The van der Waals surface area contributed by atoms with Crippen LogP contribution in [0.3, 0.4) is 0 Å². The monoisotopic (exact) mass is 510 g/mol.